The Labute approximate surface area is 182 Å². The number of piperidine rings is 1. The van der Waals surface area contributed by atoms with Crippen LogP contribution in [0, 0.1) is 23.2 Å². The molecule has 0 aromatic heterocycles. The maximum Gasteiger partial charge on any atom is 0.408 e. The van der Waals surface area contributed by atoms with Gasteiger partial charge in [0.2, 0.25) is 11.8 Å². The van der Waals surface area contributed by atoms with Crippen LogP contribution in [0.1, 0.15) is 60.3 Å². The van der Waals surface area contributed by atoms with Crippen molar-refractivity contribution >= 4 is 18.0 Å². The van der Waals surface area contributed by atoms with Crippen molar-refractivity contribution in [3.8, 4) is 0 Å². The number of halogens is 2. The summed E-state index contributed by atoms with van der Waals surface area (Å²) in [5.41, 5.74) is -0.845. The monoisotopic (exact) mass is 444 g/mol. The number of hydrogen-bond acceptors (Lipinski definition) is 5. The molecule has 2 amide bonds. The lowest BCUT2D eigenvalue weighted by Gasteiger charge is -2.37. The molecule has 1 saturated heterocycles. The zero-order valence-electron chi connectivity index (χ0n) is 19.2. The van der Waals surface area contributed by atoms with E-state index in [4.69, 9.17) is 9.47 Å². The molecule has 0 aromatic carbocycles. The Balaban J connectivity index is 1.81. The summed E-state index contributed by atoms with van der Waals surface area (Å²) >= 11 is 0. The van der Waals surface area contributed by atoms with Gasteiger partial charge in [-0.15, -0.1) is 0 Å². The molecule has 9 heteroatoms. The molecule has 4 atom stereocenters. The second-order valence-corrected chi connectivity index (χ2v) is 10.7. The molecule has 2 saturated carbocycles. The first-order chi connectivity index (χ1) is 14.2. The van der Waals surface area contributed by atoms with Crippen molar-refractivity contribution in [2.75, 3.05) is 13.7 Å². The van der Waals surface area contributed by atoms with Gasteiger partial charge in [0, 0.05) is 25.3 Å². The van der Waals surface area contributed by atoms with Crippen molar-refractivity contribution in [2.45, 2.75) is 83.9 Å². The molecule has 1 heterocycles. The summed E-state index contributed by atoms with van der Waals surface area (Å²) in [6, 6.07) is -1.76. The molecule has 2 aliphatic carbocycles. The van der Waals surface area contributed by atoms with Gasteiger partial charge in [0.05, 0.1) is 7.11 Å². The highest BCUT2D eigenvalue weighted by atomic mass is 19.3. The third-order valence-electron chi connectivity index (χ3n) is 7.11. The van der Waals surface area contributed by atoms with E-state index in [0.717, 1.165) is 0 Å². The minimum atomic E-state index is -2.76. The molecule has 0 bridgehead atoms. The highest BCUT2D eigenvalue weighted by Gasteiger charge is 2.70. The maximum atomic E-state index is 13.7. The van der Waals surface area contributed by atoms with Crippen LogP contribution in [0.2, 0.25) is 0 Å². The number of nitrogens with zero attached hydrogens (tertiary/aromatic N) is 1. The van der Waals surface area contributed by atoms with E-state index in [1.54, 1.807) is 20.8 Å². The average molecular weight is 445 g/mol. The first-order valence-electron chi connectivity index (χ1n) is 10.9. The topological polar surface area (TPSA) is 84.9 Å². The van der Waals surface area contributed by atoms with Gasteiger partial charge in [-0.1, -0.05) is 13.8 Å². The van der Waals surface area contributed by atoms with Crippen LogP contribution in [0.15, 0.2) is 0 Å². The minimum absolute atomic E-state index is 0.0123. The molecule has 0 radical (unpaired) electrons. The Morgan fingerprint density at radius 1 is 1.13 bits per heavy atom. The zero-order valence-corrected chi connectivity index (χ0v) is 19.2. The summed E-state index contributed by atoms with van der Waals surface area (Å²) in [7, 11) is 1.29. The van der Waals surface area contributed by atoms with Gasteiger partial charge < -0.3 is 19.7 Å². The van der Waals surface area contributed by atoms with E-state index in [2.05, 4.69) is 19.2 Å². The number of carbonyl (C=O) groups excluding carboxylic acids is 3. The molecule has 3 rings (SSSR count). The van der Waals surface area contributed by atoms with Gasteiger partial charge in [-0.2, -0.15) is 0 Å². The Morgan fingerprint density at radius 3 is 2.23 bits per heavy atom. The molecule has 3 aliphatic rings. The lowest BCUT2D eigenvalue weighted by Crippen LogP contribution is -2.57. The number of alkyl carbamates (subject to hydrolysis) is 1. The van der Waals surface area contributed by atoms with Crippen molar-refractivity contribution in [1.82, 2.24) is 10.2 Å². The van der Waals surface area contributed by atoms with Gasteiger partial charge in [-0.3, -0.25) is 4.79 Å². The van der Waals surface area contributed by atoms with Crippen molar-refractivity contribution < 1.29 is 32.6 Å². The molecule has 176 valence electrons. The number of likely N-dealkylation sites (tertiary alicyclic amines) is 1. The number of fused-ring (bicyclic) bond motifs is 1. The van der Waals surface area contributed by atoms with E-state index >= 15 is 0 Å². The van der Waals surface area contributed by atoms with Crippen molar-refractivity contribution in [3.63, 3.8) is 0 Å². The molecular formula is C22H34F2N2O5. The maximum absolute atomic E-state index is 13.7. The number of rotatable bonds is 4. The normalized spacial score (nSPS) is 30.2. The fourth-order valence-corrected chi connectivity index (χ4v) is 5.29. The van der Waals surface area contributed by atoms with E-state index in [-0.39, 0.29) is 42.9 Å². The van der Waals surface area contributed by atoms with Gasteiger partial charge in [0.1, 0.15) is 17.7 Å². The van der Waals surface area contributed by atoms with Crippen LogP contribution in [0.5, 0.6) is 0 Å². The van der Waals surface area contributed by atoms with E-state index < -0.39 is 47.5 Å². The predicted molar refractivity (Wildman–Crippen MR) is 108 cm³/mol. The van der Waals surface area contributed by atoms with Crippen LogP contribution >= 0.6 is 0 Å². The molecule has 1 unspecified atom stereocenters. The molecular weight excluding hydrogens is 410 g/mol. The van der Waals surface area contributed by atoms with E-state index in [9.17, 15) is 23.2 Å². The Bertz CT molecular complexity index is 739. The standard InChI is InChI=1S/C22H34F2N2O5/c1-20(2,3)31-19(29)25-15(12-7-9-22(23,24)10-8-12)17(27)26-11-13-14(21(13,4)5)16(26)18(28)30-6/h12-16H,7-11H2,1-6H3,(H,25,29)/t13-,14-,15?,16-/m0/s1. The van der Waals surface area contributed by atoms with Gasteiger partial charge >= 0.3 is 12.1 Å². The molecule has 7 nitrogen and oxygen atoms in total. The Kier molecular flexibility index (Phi) is 6.04. The summed E-state index contributed by atoms with van der Waals surface area (Å²) in [4.78, 5) is 40.0. The zero-order chi connectivity index (χ0) is 23.4. The fourth-order valence-electron chi connectivity index (χ4n) is 5.29. The van der Waals surface area contributed by atoms with Crippen LogP contribution in [-0.4, -0.2) is 60.1 Å². The van der Waals surface area contributed by atoms with Gasteiger partial charge in [-0.05, 0) is 50.9 Å². The highest BCUT2D eigenvalue weighted by molar-refractivity contribution is 5.91. The van der Waals surface area contributed by atoms with Crippen LogP contribution in [-0.2, 0) is 19.1 Å². The molecule has 3 fully saturated rings. The average Bonchev–Trinajstić information content (AvgIpc) is 3.00. The van der Waals surface area contributed by atoms with Crippen LogP contribution in [0.4, 0.5) is 13.6 Å². The number of hydrogen-bond donors (Lipinski definition) is 1. The Morgan fingerprint density at radius 2 is 1.71 bits per heavy atom. The summed E-state index contributed by atoms with van der Waals surface area (Å²) in [6.45, 7) is 9.60. The van der Waals surface area contributed by atoms with Crippen molar-refractivity contribution in [3.05, 3.63) is 0 Å². The predicted octanol–water partition coefficient (Wildman–Crippen LogP) is 3.36. The molecule has 1 aliphatic heterocycles. The van der Waals surface area contributed by atoms with Gasteiger partial charge in [0.15, 0.2) is 0 Å². The van der Waals surface area contributed by atoms with Crippen LogP contribution < -0.4 is 5.32 Å². The Hall–Kier alpha value is -1.93. The minimum Gasteiger partial charge on any atom is -0.467 e. The van der Waals surface area contributed by atoms with E-state index in [0.29, 0.717) is 6.54 Å². The molecule has 0 spiro atoms. The summed E-state index contributed by atoms with van der Waals surface area (Å²) in [5.74, 6) is -3.98. The van der Waals surface area contributed by atoms with Crippen LogP contribution in [0.3, 0.4) is 0 Å². The second-order valence-electron chi connectivity index (χ2n) is 10.7. The second kappa shape index (κ2) is 7.89. The summed E-state index contributed by atoms with van der Waals surface area (Å²) in [6.07, 6.45) is -1.24. The molecule has 0 aromatic rings. The van der Waals surface area contributed by atoms with Gasteiger partial charge in [0.25, 0.3) is 0 Å². The van der Waals surface area contributed by atoms with Crippen molar-refractivity contribution in [1.29, 1.82) is 0 Å². The number of amides is 2. The van der Waals surface area contributed by atoms with Crippen molar-refractivity contribution in [2.24, 2.45) is 23.2 Å². The van der Waals surface area contributed by atoms with E-state index in [1.165, 1.54) is 12.0 Å². The summed E-state index contributed by atoms with van der Waals surface area (Å²) in [5, 5.41) is 2.63. The number of alkyl halides is 2. The molecule has 31 heavy (non-hydrogen) atoms. The number of esters is 1. The fraction of sp³-hybridized carbons (Fsp3) is 0.864. The van der Waals surface area contributed by atoms with Crippen LogP contribution in [0.25, 0.3) is 0 Å². The first-order valence-corrected chi connectivity index (χ1v) is 10.9. The number of nitrogens with one attached hydrogen (secondary N) is 1. The summed E-state index contributed by atoms with van der Waals surface area (Å²) < 4.78 is 37.7. The largest absolute Gasteiger partial charge is 0.467 e. The quantitative estimate of drug-likeness (QED) is 0.672. The first kappa shape index (κ1) is 23.7. The number of methoxy groups -OCH3 is 1. The highest BCUT2D eigenvalue weighted by Crippen LogP contribution is 2.65. The lowest BCUT2D eigenvalue weighted by atomic mass is 9.81. The van der Waals surface area contributed by atoms with E-state index in [1.807, 2.05) is 0 Å². The SMILES string of the molecule is COC(=O)[C@@H]1[C@@H]2[C@H](CN1C(=O)C(NC(=O)OC(C)(C)C)C1CCC(F)(F)CC1)C2(C)C. The number of ether oxygens (including phenoxy) is 2. The molecule has 1 N–H and O–H groups in total. The smallest absolute Gasteiger partial charge is 0.408 e. The lowest BCUT2D eigenvalue weighted by molar-refractivity contribution is -0.154. The third-order valence-corrected chi connectivity index (χ3v) is 7.11. The third kappa shape index (κ3) is 4.80. The van der Waals surface area contributed by atoms with Gasteiger partial charge in [-0.25, -0.2) is 18.4 Å². The number of carbonyl (C=O) groups is 3.